The summed E-state index contributed by atoms with van der Waals surface area (Å²) in [7, 11) is 1.63. The van der Waals surface area contributed by atoms with Gasteiger partial charge in [0.25, 0.3) is 0 Å². The zero-order valence-electron chi connectivity index (χ0n) is 12.2. The summed E-state index contributed by atoms with van der Waals surface area (Å²) in [4.78, 5) is 11.4. The van der Waals surface area contributed by atoms with E-state index in [2.05, 4.69) is 21.2 Å². The second-order valence-electron chi connectivity index (χ2n) is 4.85. The van der Waals surface area contributed by atoms with Crippen LogP contribution in [0.5, 0.6) is 5.75 Å². The molecule has 1 aromatic carbocycles. The quantitative estimate of drug-likeness (QED) is 0.759. The molecule has 0 aliphatic rings. The van der Waals surface area contributed by atoms with Crippen molar-refractivity contribution in [1.82, 2.24) is 5.32 Å². The fourth-order valence-corrected chi connectivity index (χ4v) is 2.61. The highest BCUT2D eigenvalue weighted by Crippen LogP contribution is 2.27. The van der Waals surface area contributed by atoms with E-state index < -0.39 is 11.4 Å². The van der Waals surface area contributed by atoms with Gasteiger partial charge in [-0.3, -0.25) is 4.79 Å². The predicted molar refractivity (Wildman–Crippen MR) is 83.1 cm³/mol. The second-order valence-corrected chi connectivity index (χ2v) is 5.71. The van der Waals surface area contributed by atoms with Crippen LogP contribution in [0.4, 0.5) is 0 Å². The SMILES string of the molecule is CCC(CC)(CNCc1ccc(OC)cc1Br)C(=O)O. The molecule has 0 amide bonds. The molecule has 112 valence electrons. The lowest BCUT2D eigenvalue weighted by Gasteiger charge is -2.27. The maximum atomic E-state index is 11.4. The summed E-state index contributed by atoms with van der Waals surface area (Å²) in [6, 6.07) is 5.77. The number of benzene rings is 1. The Morgan fingerprint density at radius 3 is 2.50 bits per heavy atom. The van der Waals surface area contributed by atoms with Gasteiger partial charge in [0.1, 0.15) is 5.75 Å². The number of carboxylic acid groups (broad SMARTS) is 1. The molecule has 0 bridgehead atoms. The van der Waals surface area contributed by atoms with E-state index in [9.17, 15) is 9.90 Å². The third kappa shape index (κ3) is 3.96. The van der Waals surface area contributed by atoms with E-state index in [4.69, 9.17) is 4.74 Å². The minimum absolute atomic E-state index is 0.466. The van der Waals surface area contributed by atoms with E-state index in [1.54, 1.807) is 7.11 Å². The summed E-state index contributed by atoms with van der Waals surface area (Å²) in [6.45, 7) is 4.93. The van der Waals surface area contributed by atoms with Gasteiger partial charge >= 0.3 is 5.97 Å². The lowest BCUT2D eigenvalue weighted by Crippen LogP contribution is -2.40. The zero-order valence-corrected chi connectivity index (χ0v) is 13.8. The Labute approximate surface area is 128 Å². The van der Waals surface area contributed by atoms with Gasteiger partial charge in [0.05, 0.1) is 12.5 Å². The van der Waals surface area contributed by atoms with Crippen molar-refractivity contribution >= 4 is 21.9 Å². The molecule has 20 heavy (non-hydrogen) atoms. The summed E-state index contributed by atoms with van der Waals surface area (Å²) in [5, 5.41) is 12.6. The van der Waals surface area contributed by atoms with Crippen LogP contribution in [-0.4, -0.2) is 24.7 Å². The van der Waals surface area contributed by atoms with Crippen molar-refractivity contribution in [3.63, 3.8) is 0 Å². The van der Waals surface area contributed by atoms with E-state index in [1.165, 1.54) is 0 Å². The van der Waals surface area contributed by atoms with Crippen molar-refractivity contribution in [2.45, 2.75) is 33.2 Å². The van der Waals surface area contributed by atoms with Crippen molar-refractivity contribution in [3.05, 3.63) is 28.2 Å². The van der Waals surface area contributed by atoms with Gasteiger partial charge in [-0.05, 0) is 30.5 Å². The number of carboxylic acids is 1. The first-order chi connectivity index (χ1) is 9.49. The predicted octanol–water partition coefficient (Wildman–Crippen LogP) is 3.44. The van der Waals surface area contributed by atoms with Gasteiger partial charge in [0, 0.05) is 17.6 Å². The molecule has 0 atom stereocenters. The number of ether oxygens (including phenoxy) is 1. The molecule has 2 N–H and O–H groups in total. The maximum Gasteiger partial charge on any atom is 0.310 e. The van der Waals surface area contributed by atoms with Gasteiger partial charge in [-0.25, -0.2) is 0 Å². The number of nitrogens with one attached hydrogen (secondary N) is 1. The van der Waals surface area contributed by atoms with Gasteiger partial charge < -0.3 is 15.2 Å². The Morgan fingerprint density at radius 1 is 1.40 bits per heavy atom. The number of aliphatic carboxylic acids is 1. The maximum absolute atomic E-state index is 11.4. The van der Waals surface area contributed by atoms with E-state index in [0.29, 0.717) is 25.9 Å². The molecule has 1 aromatic rings. The summed E-state index contributed by atoms with van der Waals surface area (Å²) in [5.74, 6) is 0.0615. The molecule has 0 saturated carbocycles. The van der Waals surface area contributed by atoms with Gasteiger partial charge in [0.15, 0.2) is 0 Å². The van der Waals surface area contributed by atoms with Crippen LogP contribution in [0.2, 0.25) is 0 Å². The Morgan fingerprint density at radius 2 is 2.05 bits per heavy atom. The minimum Gasteiger partial charge on any atom is -0.497 e. The average molecular weight is 344 g/mol. The third-order valence-corrected chi connectivity index (χ3v) is 4.58. The highest BCUT2D eigenvalue weighted by molar-refractivity contribution is 9.10. The van der Waals surface area contributed by atoms with Crippen molar-refractivity contribution in [1.29, 1.82) is 0 Å². The van der Waals surface area contributed by atoms with Crippen LogP contribution in [-0.2, 0) is 11.3 Å². The topological polar surface area (TPSA) is 58.6 Å². The fraction of sp³-hybridized carbons (Fsp3) is 0.533. The summed E-state index contributed by atoms with van der Waals surface area (Å²) < 4.78 is 6.10. The molecular formula is C15H22BrNO3. The average Bonchev–Trinajstić information content (AvgIpc) is 2.45. The van der Waals surface area contributed by atoms with E-state index in [0.717, 1.165) is 15.8 Å². The van der Waals surface area contributed by atoms with Crippen LogP contribution in [0.15, 0.2) is 22.7 Å². The molecule has 5 heteroatoms. The molecule has 1 rings (SSSR count). The number of carbonyl (C=O) groups is 1. The van der Waals surface area contributed by atoms with Gasteiger partial charge in [-0.1, -0.05) is 35.8 Å². The first kappa shape index (κ1) is 17.0. The standard InChI is InChI=1S/C15H22BrNO3/c1-4-15(5-2,14(18)19)10-17-9-11-6-7-12(20-3)8-13(11)16/h6-8,17H,4-5,9-10H2,1-3H3,(H,18,19). The summed E-state index contributed by atoms with van der Waals surface area (Å²) in [6.07, 6.45) is 1.24. The summed E-state index contributed by atoms with van der Waals surface area (Å²) in [5.41, 5.74) is 0.399. The van der Waals surface area contributed by atoms with E-state index in [-0.39, 0.29) is 0 Å². The smallest absolute Gasteiger partial charge is 0.310 e. The van der Waals surface area contributed by atoms with Crippen LogP contribution in [0, 0.1) is 5.41 Å². The molecule has 0 radical (unpaired) electrons. The molecule has 0 spiro atoms. The number of methoxy groups -OCH3 is 1. The highest BCUT2D eigenvalue weighted by atomic mass is 79.9. The lowest BCUT2D eigenvalue weighted by atomic mass is 9.82. The van der Waals surface area contributed by atoms with E-state index >= 15 is 0 Å². The molecule has 0 unspecified atom stereocenters. The largest absolute Gasteiger partial charge is 0.497 e. The van der Waals surface area contributed by atoms with Crippen LogP contribution < -0.4 is 10.1 Å². The lowest BCUT2D eigenvalue weighted by molar-refractivity contribution is -0.149. The number of halogens is 1. The van der Waals surface area contributed by atoms with Crippen LogP contribution in [0.3, 0.4) is 0 Å². The first-order valence-corrected chi connectivity index (χ1v) is 7.55. The van der Waals surface area contributed by atoms with Crippen LogP contribution >= 0.6 is 15.9 Å². The van der Waals surface area contributed by atoms with Crippen LogP contribution in [0.1, 0.15) is 32.3 Å². The molecule has 4 nitrogen and oxygen atoms in total. The molecule has 0 heterocycles. The van der Waals surface area contributed by atoms with Gasteiger partial charge in [-0.15, -0.1) is 0 Å². The van der Waals surface area contributed by atoms with Crippen molar-refractivity contribution in [2.24, 2.45) is 5.41 Å². The minimum atomic E-state index is -0.733. The van der Waals surface area contributed by atoms with Crippen molar-refractivity contribution < 1.29 is 14.6 Å². The van der Waals surface area contributed by atoms with Crippen LogP contribution in [0.25, 0.3) is 0 Å². The van der Waals surface area contributed by atoms with Gasteiger partial charge in [-0.2, -0.15) is 0 Å². The third-order valence-electron chi connectivity index (χ3n) is 3.85. The Bertz CT molecular complexity index is 458. The number of hydrogen-bond donors (Lipinski definition) is 2. The molecule has 0 aliphatic carbocycles. The molecule has 0 aliphatic heterocycles. The molecule has 0 saturated heterocycles. The van der Waals surface area contributed by atoms with Gasteiger partial charge in [0.2, 0.25) is 0 Å². The molecule has 0 aromatic heterocycles. The highest BCUT2D eigenvalue weighted by Gasteiger charge is 2.34. The normalized spacial score (nSPS) is 11.4. The van der Waals surface area contributed by atoms with Crippen molar-refractivity contribution in [2.75, 3.05) is 13.7 Å². The number of hydrogen-bond acceptors (Lipinski definition) is 3. The Hall–Kier alpha value is -1.07. The fourth-order valence-electron chi connectivity index (χ4n) is 2.11. The monoisotopic (exact) mass is 343 g/mol. The van der Waals surface area contributed by atoms with E-state index in [1.807, 2.05) is 32.0 Å². The first-order valence-electron chi connectivity index (χ1n) is 6.75. The Kier molecular flexibility index (Phi) is 6.49. The Balaban J connectivity index is 2.66. The van der Waals surface area contributed by atoms with Crippen molar-refractivity contribution in [3.8, 4) is 5.75 Å². The molecular weight excluding hydrogens is 322 g/mol. The summed E-state index contributed by atoms with van der Waals surface area (Å²) >= 11 is 3.50. The zero-order chi connectivity index (χ0) is 15.2. The number of rotatable bonds is 8. The second kappa shape index (κ2) is 7.64. The molecule has 0 fully saturated rings.